The highest BCUT2D eigenvalue weighted by Gasteiger charge is 2.21. The monoisotopic (exact) mass is 276 g/mol. The summed E-state index contributed by atoms with van der Waals surface area (Å²) in [6.07, 6.45) is 7.39. The van der Waals surface area contributed by atoms with Crippen LogP contribution in [0.4, 0.5) is 17.8 Å². The Morgan fingerprint density at radius 2 is 1.90 bits per heavy atom. The van der Waals surface area contributed by atoms with Gasteiger partial charge in [0, 0.05) is 19.1 Å². The summed E-state index contributed by atoms with van der Waals surface area (Å²) in [5.74, 6) is 2.45. The zero-order chi connectivity index (χ0) is 13.9. The van der Waals surface area contributed by atoms with Crippen LogP contribution in [0.1, 0.15) is 45.4 Å². The van der Waals surface area contributed by atoms with E-state index in [0.717, 1.165) is 25.0 Å². The maximum atomic E-state index is 5.83. The summed E-state index contributed by atoms with van der Waals surface area (Å²) in [5, 5.41) is 3.45. The minimum atomic E-state index is 0.313. The SMILES string of the molecule is CC1CCCC(Nc2nc(N)nc(N3CCCC3)n2)C1. The van der Waals surface area contributed by atoms with Gasteiger partial charge in [-0.2, -0.15) is 15.0 Å². The third-order valence-electron chi connectivity index (χ3n) is 4.30. The van der Waals surface area contributed by atoms with E-state index in [0.29, 0.717) is 17.9 Å². The summed E-state index contributed by atoms with van der Waals surface area (Å²) in [6, 6.07) is 0.465. The van der Waals surface area contributed by atoms with Gasteiger partial charge in [0.15, 0.2) is 0 Å². The number of nitrogen functional groups attached to an aromatic ring is 1. The Morgan fingerprint density at radius 3 is 2.65 bits per heavy atom. The van der Waals surface area contributed by atoms with Crippen LogP contribution in [0.3, 0.4) is 0 Å². The Labute approximate surface area is 120 Å². The second-order valence-corrected chi connectivity index (χ2v) is 6.12. The summed E-state index contributed by atoms with van der Waals surface area (Å²) < 4.78 is 0. The fraction of sp³-hybridized carbons (Fsp3) is 0.786. The molecule has 20 heavy (non-hydrogen) atoms. The lowest BCUT2D eigenvalue weighted by atomic mass is 9.87. The van der Waals surface area contributed by atoms with Crippen LogP contribution < -0.4 is 16.0 Å². The molecule has 1 aliphatic heterocycles. The van der Waals surface area contributed by atoms with Crippen LogP contribution in [0, 0.1) is 5.92 Å². The lowest BCUT2D eigenvalue weighted by molar-refractivity contribution is 0.357. The molecule has 0 amide bonds. The first kappa shape index (κ1) is 13.4. The second-order valence-electron chi connectivity index (χ2n) is 6.12. The van der Waals surface area contributed by atoms with E-state index in [2.05, 4.69) is 32.1 Å². The number of nitrogens with one attached hydrogen (secondary N) is 1. The van der Waals surface area contributed by atoms with Gasteiger partial charge in [-0.05, 0) is 31.6 Å². The maximum absolute atomic E-state index is 5.83. The van der Waals surface area contributed by atoms with Crippen LogP contribution >= 0.6 is 0 Å². The number of rotatable bonds is 3. The first-order chi connectivity index (χ1) is 9.70. The number of hydrogen-bond donors (Lipinski definition) is 2. The largest absolute Gasteiger partial charge is 0.368 e. The quantitative estimate of drug-likeness (QED) is 0.879. The molecule has 1 saturated carbocycles. The standard InChI is InChI=1S/C14H24N6/c1-10-5-4-6-11(9-10)16-13-17-12(15)18-14(19-13)20-7-2-3-8-20/h10-11H,2-9H2,1H3,(H3,15,16,17,18,19). The fourth-order valence-corrected chi connectivity index (χ4v) is 3.25. The Balaban J connectivity index is 1.72. The lowest BCUT2D eigenvalue weighted by Gasteiger charge is -2.27. The van der Waals surface area contributed by atoms with E-state index in [1.165, 1.54) is 38.5 Å². The van der Waals surface area contributed by atoms with Crippen molar-refractivity contribution in [2.75, 3.05) is 29.0 Å². The molecule has 6 heteroatoms. The minimum Gasteiger partial charge on any atom is -0.368 e. The summed E-state index contributed by atoms with van der Waals surface area (Å²) in [4.78, 5) is 15.2. The van der Waals surface area contributed by atoms with Crippen LogP contribution in [0.5, 0.6) is 0 Å². The molecule has 3 N–H and O–H groups in total. The Hall–Kier alpha value is -1.59. The maximum Gasteiger partial charge on any atom is 0.231 e. The number of hydrogen-bond acceptors (Lipinski definition) is 6. The molecule has 1 saturated heterocycles. The van der Waals surface area contributed by atoms with E-state index >= 15 is 0 Å². The Bertz CT molecular complexity index is 457. The Kier molecular flexibility index (Phi) is 3.89. The summed E-state index contributed by atoms with van der Waals surface area (Å²) in [5.41, 5.74) is 5.83. The molecular weight excluding hydrogens is 252 g/mol. The Morgan fingerprint density at radius 1 is 1.10 bits per heavy atom. The van der Waals surface area contributed by atoms with E-state index in [-0.39, 0.29) is 0 Å². The number of anilines is 3. The smallest absolute Gasteiger partial charge is 0.231 e. The van der Waals surface area contributed by atoms with Crippen molar-refractivity contribution in [2.24, 2.45) is 5.92 Å². The molecule has 2 aliphatic rings. The molecule has 2 fully saturated rings. The van der Waals surface area contributed by atoms with E-state index in [1.54, 1.807) is 0 Å². The van der Waals surface area contributed by atoms with Crippen LogP contribution in [0.2, 0.25) is 0 Å². The second kappa shape index (κ2) is 5.81. The molecule has 0 aromatic carbocycles. The highest BCUT2D eigenvalue weighted by atomic mass is 15.3. The molecule has 1 aliphatic carbocycles. The van der Waals surface area contributed by atoms with Crippen molar-refractivity contribution in [3.8, 4) is 0 Å². The zero-order valence-electron chi connectivity index (χ0n) is 12.2. The van der Waals surface area contributed by atoms with Crippen molar-refractivity contribution in [3.05, 3.63) is 0 Å². The van der Waals surface area contributed by atoms with Crippen molar-refractivity contribution in [1.29, 1.82) is 0 Å². The van der Waals surface area contributed by atoms with Crippen LogP contribution in [-0.4, -0.2) is 34.1 Å². The summed E-state index contributed by atoms with van der Waals surface area (Å²) in [7, 11) is 0. The molecule has 0 radical (unpaired) electrons. The van der Waals surface area contributed by atoms with Crippen molar-refractivity contribution in [2.45, 2.75) is 51.5 Å². The van der Waals surface area contributed by atoms with E-state index in [1.807, 2.05) is 0 Å². The third kappa shape index (κ3) is 3.11. The predicted molar refractivity (Wildman–Crippen MR) is 80.7 cm³/mol. The van der Waals surface area contributed by atoms with Gasteiger partial charge in [-0.3, -0.25) is 0 Å². The van der Waals surface area contributed by atoms with Crippen LogP contribution in [0.25, 0.3) is 0 Å². The molecular formula is C14H24N6. The molecule has 1 aromatic heterocycles. The highest BCUT2D eigenvalue weighted by molar-refractivity contribution is 5.42. The molecule has 2 heterocycles. The van der Waals surface area contributed by atoms with Gasteiger partial charge in [-0.1, -0.05) is 19.8 Å². The van der Waals surface area contributed by atoms with Gasteiger partial charge in [0.1, 0.15) is 0 Å². The van der Waals surface area contributed by atoms with Crippen molar-refractivity contribution < 1.29 is 0 Å². The minimum absolute atomic E-state index is 0.313. The van der Waals surface area contributed by atoms with Crippen molar-refractivity contribution >= 4 is 17.8 Å². The van der Waals surface area contributed by atoms with Gasteiger partial charge in [-0.15, -0.1) is 0 Å². The molecule has 0 bridgehead atoms. The zero-order valence-corrected chi connectivity index (χ0v) is 12.2. The summed E-state index contributed by atoms with van der Waals surface area (Å²) >= 11 is 0. The fourth-order valence-electron chi connectivity index (χ4n) is 3.25. The van der Waals surface area contributed by atoms with Gasteiger partial charge in [-0.25, -0.2) is 0 Å². The first-order valence-corrected chi connectivity index (χ1v) is 7.74. The molecule has 3 rings (SSSR count). The van der Waals surface area contributed by atoms with E-state index in [9.17, 15) is 0 Å². The average molecular weight is 276 g/mol. The van der Waals surface area contributed by atoms with Crippen LogP contribution in [0.15, 0.2) is 0 Å². The van der Waals surface area contributed by atoms with Crippen molar-refractivity contribution in [1.82, 2.24) is 15.0 Å². The highest BCUT2D eigenvalue weighted by Crippen LogP contribution is 2.26. The van der Waals surface area contributed by atoms with Gasteiger partial charge >= 0.3 is 0 Å². The topological polar surface area (TPSA) is 80.0 Å². The van der Waals surface area contributed by atoms with Crippen LogP contribution in [-0.2, 0) is 0 Å². The lowest BCUT2D eigenvalue weighted by Crippen LogP contribution is -2.28. The van der Waals surface area contributed by atoms with Gasteiger partial charge in [0.25, 0.3) is 0 Å². The number of nitrogens with two attached hydrogens (primary N) is 1. The van der Waals surface area contributed by atoms with Gasteiger partial charge in [0.2, 0.25) is 17.8 Å². The van der Waals surface area contributed by atoms with Gasteiger partial charge < -0.3 is 16.0 Å². The molecule has 6 nitrogen and oxygen atoms in total. The van der Waals surface area contributed by atoms with E-state index in [4.69, 9.17) is 5.73 Å². The van der Waals surface area contributed by atoms with E-state index < -0.39 is 0 Å². The molecule has 2 unspecified atom stereocenters. The average Bonchev–Trinajstić information content (AvgIpc) is 2.91. The number of nitrogens with zero attached hydrogens (tertiary/aromatic N) is 4. The predicted octanol–water partition coefficient (Wildman–Crippen LogP) is 2.04. The molecule has 2 atom stereocenters. The number of aromatic nitrogens is 3. The normalized spacial score (nSPS) is 26.8. The summed E-state index contributed by atoms with van der Waals surface area (Å²) in [6.45, 7) is 4.35. The van der Waals surface area contributed by atoms with Crippen molar-refractivity contribution in [3.63, 3.8) is 0 Å². The van der Waals surface area contributed by atoms with Gasteiger partial charge in [0.05, 0.1) is 0 Å². The molecule has 1 aromatic rings. The first-order valence-electron chi connectivity index (χ1n) is 7.74. The third-order valence-corrected chi connectivity index (χ3v) is 4.30. The molecule has 110 valence electrons. The molecule has 0 spiro atoms.